The van der Waals surface area contributed by atoms with Crippen LogP contribution in [0.15, 0.2) is 42.5 Å². The Labute approximate surface area is 186 Å². The van der Waals surface area contributed by atoms with Crippen LogP contribution in [-0.4, -0.2) is 63.7 Å². The molecule has 0 aromatic heterocycles. The average Bonchev–Trinajstić information content (AvgIpc) is 2.83. The number of hydrogen-bond acceptors (Lipinski definition) is 6. The van der Waals surface area contributed by atoms with E-state index in [4.69, 9.17) is 9.84 Å². The van der Waals surface area contributed by atoms with Crippen molar-refractivity contribution in [2.45, 2.75) is 72.1 Å². The van der Waals surface area contributed by atoms with Crippen molar-refractivity contribution in [2.75, 3.05) is 13.7 Å². The quantitative estimate of drug-likeness (QED) is 0.506. The molecule has 5 atom stereocenters. The zero-order valence-electron chi connectivity index (χ0n) is 19.8. The summed E-state index contributed by atoms with van der Waals surface area (Å²) < 4.78 is 5.70. The molecular formula is C25H40O6. The van der Waals surface area contributed by atoms with Gasteiger partial charge in [-0.25, -0.2) is 0 Å². The molecule has 1 aliphatic rings. The van der Waals surface area contributed by atoms with Crippen LogP contribution in [0.4, 0.5) is 0 Å². The number of aliphatic hydroxyl groups excluding tert-OH is 5. The maximum absolute atomic E-state index is 10.4. The number of rotatable bonds is 3. The molecule has 1 saturated heterocycles. The molecule has 0 amide bonds. The lowest BCUT2D eigenvalue weighted by Crippen LogP contribution is -2.55. The lowest BCUT2D eigenvalue weighted by Gasteiger charge is -2.40. The third-order valence-corrected chi connectivity index (χ3v) is 4.94. The van der Waals surface area contributed by atoms with Crippen LogP contribution < -0.4 is 0 Å². The van der Waals surface area contributed by atoms with Crippen LogP contribution in [0.3, 0.4) is 0 Å². The molecule has 5 N–H and O–H groups in total. The molecule has 0 radical (unpaired) electrons. The molecule has 0 aliphatic carbocycles. The van der Waals surface area contributed by atoms with Crippen molar-refractivity contribution in [3.8, 4) is 11.1 Å². The third-order valence-electron chi connectivity index (χ3n) is 4.94. The van der Waals surface area contributed by atoms with Crippen molar-refractivity contribution in [3.05, 3.63) is 59.2 Å². The smallest absolute Gasteiger partial charge is 0.113 e. The zero-order valence-corrected chi connectivity index (χ0v) is 19.8. The molecule has 0 spiro atoms. The fourth-order valence-electron chi connectivity index (χ4n) is 3.37. The maximum atomic E-state index is 10.4. The summed E-state index contributed by atoms with van der Waals surface area (Å²) in [6, 6.07) is 13.8. The first kappa shape index (κ1) is 29.2. The molecule has 0 saturated carbocycles. The second kappa shape index (κ2) is 15.1. The van der Waals surface area contributed by atoms with Gasteiger partial charge in [0.05, 0.1) is 6.61 Å². The van der Waals surface area contributed by atoms with Crippen LogP contribution in [0.2, 0.25) is 0 Å². The molecule has 1 fully saturated rings. The van der Waals surface area contributed by atoms with Gasteiger partial charge in [0.2, 0.25) is 0 Å². The number of aryl methyl sites for hydroxylation is 1. The fraction of sp³-hybridized carbons (Fsp3) is 0.520. The van der Waals surface area contributed by atoms with Crippen molar-refractivity contribution in [3.63, 3.8) is 0 Å². The Morgan fingerprint density at radius 2 is 1.32 bits per heavy atom. The van der Waals surface area contributed by atoms with E-state index in [9.17, 15) is 20.4 Å². The Morgan fingerprint density at radius 3 is 1.84 bits per heavy atom. The van der Waals surface area contributed by atoms with Gasteiger partial charge < -0.3 is 30.3 Å². The molecule has 0 bridgehead atoms. The Balaban J connectivity index is 0.00000138. The maximum Gasteiger partial charge on any atom is 0.113 e. The van der Waals surface area contributed by atoms with Crippen LogP contribution in [0.1, 0.15) is 50.5 Å². The predicted molar refractivity (Wildman–Crippen MR) is 125 cm³/mol. The summed E-state index contributed by atoms with van der Waals surface area (Å²) >= 11 is 0. The minimum atomic E-state index is -1.38. The van der Waals surface area contributed by atoms with E-state index in [0.29, 0.717) is 0 Å². The molecule has 176 valence electrons. The van der Waals surface area contributed by atoms with Gasteiger partial charge in [0.15, 0.2) is 0 Å². The van der Waals surface area contributed by atoms with Crippen molar-refractivity contribution >= 4 is 0 Å². The summed E-state index contributed by atoms with van der Waals surface area (Å²) in [4.78, 5) is 0. The number of ether oxygens (including phenoxy) is 1. The number of hydrogen-bond donors (Lipinski definition) is 5. The number of benzene rings is 2. The van der Waals surface area contributed by atoms with Gasteiger partial charge in [-0.3, -0.25) is 0 Å². The normalized spacial score (nSPS) is 24.5. The summed E-state index contributed by atoms with van der Waals surface area (Å²) in [6.45, 7) is 11.5. The monoisotopic (exact) mass is 436 g/mol. The first-order chi connectivity index (χ1) is 14.9. The van der Waals surface area contributed by atoms with E-state index in [1.165, 1.54) is 5.56 Å². The van der Waals surface area contributed by atoms with Crippen molar-refractivity contribution in [1.82, 2.24) is 0 Å². The Bertz CT molecular complexity index is 729. The molecule has 3 unspecified atom stereocenters. The minimum Gasteiger partial charge on any atom is -0.400 e. The van der Waals surface area contributed by atoms with E-state index in [1.54, 1.807) is 0 Å². The highest BCUT2D eigenvalue weighted by Crippen LogP contribution is 2.37. The van der Waals surface area contributed by atoms with Gasteiger partial charge in [0.1, 0.15) is 30.5 Å². The van der Waals surface area contributed by atoms with E-state index in [1.807, 2.05) is 84.0 Å². The summed E-state index contributed by atoms with van der Waals surface area (Å²) in [5.74, 6) is 0. The zero-order chi connectivity index (χ0) is 24.1. The molecule has 1 heterocycles. The summed E-state index contributed by atoms with van der Waals surface area (Å²) in [6.07, 6.45) is -5.73. The summed E-state index contributed by atoms with van der Waals surface area (Å²) in [5, 5.41) is 46.8. The summed E-state index contributed by atoms with van der Waals surface area (Å²) in [5.41, 5.74) is 4.89. The highest BCUT2D eigenvalue weighted by molar-refractivity contribution is 5.69. The standard InChI is InChI=1S/C20H24O5.2C2H6.CH4O/c1-11-6-8-13(9-7-11)14-4-3-5-15(12(14)2)20-19(24)18(23)17(22)16(10-21)25-20;3*1-2/h3-9,16-24H,10H2,1-2H3;2*1-2H3;2H,1H3/t16?,17-,18?,19?,20-;;;/m1.../s1. The molecule has 1 aliphatic heterocycles. The van der Waals surface area contributed by atoms with E-state index in [0.717, 1.165) is 29.4 Å². The summed E-state index contributed by atoms with van der Waals surface area (Å²) in [7, 11) is 1.00. The molecule has 2 aromatic rings. The fourth-order valence-corrected chi connectivity index (χ4v) is 3.37. The van der Waals surface area contributed by atoms with Gasteiger partial charge in [-0.2, -0.15) is 0 Å². The largest absolute Gasteiger partial charge is 0.400 e. The van der Waals surface area contributed by atoms with Crippen molar-refractivity contribution < 1.29 is 30.3 Å². The molecule has 6 heteroatoms. The van der Waals surface area contributed by atoms with E-state index in [2.05, 4.69) is 0 Å². The Kier molecular flexibility index (Phi) is 14.2. The van der Waals surface area contributed by atoms with Gasteiger partial charge >= 0.3 is 0 Å². The number of aliphatic hydroxyl groups is 5. The SMILES string of the molecule is CC.CC.CO.Cc1ccc(-c2cccc([C@H]3OC(CO)[C@@H](O)C(O)C3O)c2C)cc1. The second-order valence-corrected chi connectivity index (χ2v) is 6.64. The molecular weight excluding hydrogens is 396 g/mol. The van der Waals surface area contributed by atoms with Crippen LogP contribution in [0.5, 0.6) is 0 Å². The van der Waals surface area contributed by atoms with Crippen LogP contribution in [0.25, 0.3) is 11.1 Å². The first-order valence-corrected chi connectivity index (χ1v) is 10.9. The van der Waals surface area contributed by atoms with Crippen molar-refractivity contribution in [2.24, 2.45) is 0 Å². The topological polar surface area (TPSA) is 110 Å². The lowest BCUT2D eigenvalue weighted by atomic mass is 9.87. The highest BCUT2D eigenvalue weighted by Gasteiger charge is 2.44. The van der Waals surface area contributed by atoms with Crippen molar-refractivity contribution in [1.29, 1.82) is 0 Å². The first-order valence-electron chi connectivity index (χ1n) is 10.9. The Morgan fingerprint density at radius 1 is 0.774 bits per heavy atom. The molecule has 31 heavy (non-hydrogen) atoms. The van der Waals surface area contributed by atoms with Gasteiger partial charge in [-0.15, -0.1) is 0 Å². The second-order valence-electron chi connectivity index (χ2n) is 6.64. The van der Waals surface area contributed by atoms with Crippen LogP contribution in [0, 0.1) is 13.8 Å². The van der Waals surface area contributed by atoms with E-state index in [-0.39, 0.29) is 0 Å². The lowest BCUT2D eigenvalue weighted by molar-refractivity contribution is -0.231. The van der Waals surface area contributed by atoms with Gasteiger partial charge in [-0.1, -0.05) is 75.7 Å². The van der Waals surface area contributed by atoms with E-state index >= 15 is 0 Å². The molecule has 3 rings (SSSR count). The predicted octanol–water partition coefficient (Wildman–Crippen LogP) is 3.15. The average molecular weight is 437 g/mol. The van der Waals surface area contributed by atoms with Gasteiger partial charge in [0, 0.05) is 7.11 Å². The highest BCUT2D eigenvalue weighted by atomic mass is 16.5. The van der Waals surface area contributed by atoms with E-state index < -0.39 is 37.1 Å². The molecule has 2 aromatic carbocycles. The third kappa shape index (κ3) is 7.10. The molecule has 6 nitrogen and oxygen atoms in total. The van der Waals surface area contributed by atoms with Crippen LogP contribution >= 0.6 is 0 Å². The van der Waals surface area contributed by atoms with Gasteiger partial charge in [0.25, 0.3) is 0 Å². The van der Waals surface area contributed by atoms with Crippen LogP contribution in [-0.2, 0) is 4.74 Å². The minimum absolute atomic E-state index is 0.432. The van der Waals surface area contributed by atoms with Gasteiger partial charge in [-0.05, 0) is 36.1 Å². The Hall–Kier alpha value is -1.80.